The van der Waals surface area contributed by atoms with Crippen LogP contribution in [0.4, 0.5) is 14.9 Å². The molecule has 4 amide bonds. The largest absolute Gasteiger partial charge is 0.379 e. The Hall–Kier alpha value is -3.35. The zero-order valence-corrected chi connectivity index (χ0v) is 18.4. The van der Waals surface area contributed by atoms with E-state index >= 15 is 0 Å². The van der Waals surface area contributed by atoms with Crippen molar-refractivity contribution >= 4 is 33.6 Å². The van der Waals surface area contributed by atoms with Crippen LogP contribution in [0.3, 0.4) is 0 Å². The number of hydrogen-bond acceptors (Lipinski definition) is 6. The molecular formula is C21H21FN4O6S. The molecule has 0 radical (unpaired) electrons. The number of sulfonamides is 1. The number of hydrogen-bond donors (Lipinski definition) is 3. The molecule has 2 aliphatic heterocycles. The van der Waals surface area contributed by atoms with Crippen molar-refractivity contribution in [3.63, 3.8) is 0 Å². The fourth-order valence-corrected chi connectivity index (χ4v) is 5.06. The molecule has 2 saturated heterocycles. The van der Waals surface area contributed by atoms with Gasteiger partial charge in [-0.3, -0.25) is 14.9 Å². The zero-order chi connectivity index (χ0) is 23.8. The molecule has 4 rings (SSSR count). The van der Waals surface area contributed by atoms with Gasteiger partial charge >= 0.3 is 6.03 Å². The van der Waals surface area contributed by atoms with E-state index in [0.717, 1.165) is 18.2 Å². The van der Waals surface area contributed by atoms with Crippen LogP contribution in [0.25, 0.3) is 0 Å². The summed E-state index contributed by atoms with van der Waals surface area (Å²) in [5.74, 6) is -2.31. The molecule has 2 aliphatic rings. The summed E-state index contributed by atoms with van der Waals surface area (Å²) in [6.45, 7) is 2.34. The molecule has 0 saturated carbocycles. The van der Waals surface area contributed by atoms with Crippen molar-refractivity contribution in [3.8, 4) is 0 Å². The highest BCUT2D eigenvalue weighted by molar-refractivity contribution is 7.89. The van der Waals surface area contributed by atoms with E-state index in [1.54, 1.807) is 12.1 Å². The van der Waals surface area contributed by atoms with Crippen LogP contribution in [0.5, 0.6) is 0 Å². The molecule has 0 aliphatic carbocycles. The van der Waals surface area contributed by atoms with E-state index in [2.05, 4.69) is 16.0 Å². The van der Waals surface area contributed by atoms with Gasteiger partial charge < -0.3 is 15.4 Å². The van der Waals surface area contributed by atoms with E-state index in [0.29, 0.717) is 5.56 Å². The Kier molecular flexibility index (Phi) is 5.91. The second kappa shape index (κ2) is 8.54. The Bertz CT molecular complexity index is 1250. The molecule has 33 heavy (non-hydrogen) atoms. The van der Waals surface area contributed by atoms with Crippen LogP contribution in [0, 0.1) is 5.82 Å². The summed E-state index contributed by atoms with van der Waals surface area (Å²) in [4.78, 5) is 36.3. The highest BCUT2D eigenvalue weighted by Gasteiger charge is 2.43. The number of carbonyl (C=O) groups excluding carboxylic acids is 3. The standard InChI is InChI=1S/C21H21FN4O6S/c1-21(19(28)24-20(29)25-21)13-3-2-4-14(11-13)23-18(27)16-12-15(5-6-17(16)22)33(30,31)26-7-9-32-10-8-26/h2-6,11-12H,7-10H2,1H3,(H,23,27)(H2,24,25,28,29). The van der Waals surface area contributed by atoms with Gasteiger partial charge in [0.15, 0.2) is 0 Å². The zero-order valence-electron chi connectivity index (χ0n) is 17.6. The Labute approximate surface area is 189 Å². The van der Waals surface area contributed by atoms with Gasteiger partial charge in [-0.15, -0.1) is 0 Å². The Balaban J connectivity index is 1.59. The number of imide groups is 1. The fraction of sp³-hybridized carbons (Fsp3) is 0.286. The third-order valence-electron chi connectivity index (χ3n) is 5.53. The van der Waals surface area contributed by atoms with Crippen molar-refractivity contribution in [3.05, 3.63) is 59.4 Å². The van der Waals surface area contributed by atoms with Crippen LogP contribution in [0.2, 0.25) is 0 Å². The van der Waals surface area contributed by atoms with Gasteiger partial charge in [0.1, 0.15) is 11.4 Å². The minimum Gasteiger partial charge on any atom is -0.379 e. The van der Waals surface area contributed by atoms with E-state index in [1.165, 1.54) is 23.4 Å². The van der Waals surface area contributed by atoms with Crippen molar-refractivity contribution in [2.24, 2.45) is 0 Å². The monoisotopic (exact) mass is 476 g/mol. The number of amides is 4. The average Bonchev–Trinajstić information content (AvgIpc) is 3.06. The molecular weight excluding hydrogens is 455 g/mol. The third-order valence-corrected chi connectivity index (χ3v) is 7.43. The maximum atomic E-state index is 14.4. The summed E-state index contributed by atoms with van der Waals surface area (Å²) in [6, 6.07) is 8.53. The molecule has 1 atom stereocenters. The first kappa shape index (κ1) is 22.8. The first-order valence-electron chi connectivity index (χ1n) is 10.0. The topological polar surface area (TPSA) is 134 Å². The maximum Gasteiger partial charge on any atom is 0.322 e. The number of rotatable bonds is 5. The Morgan fingerprint density at radius 1 is 1.15 bits per heavy atom. The van der Waals surface area contributed by atoms with E-state index in [9.17, 15) is 27.2 Å². The van der Waals surface area contributed by atoms with Crippen LogP contribution in [0.1, 0.15) is 22.8 Å². The normalized spacial score (nSPS) is 21.4. The lowest BCUT2D eigenvalue weighted by atomic mass is 9.92. The summed E-state index contributed by atoms with van der Waals surface area (Å²) in [5.41, 5.74) is -1.16. The number of halogens is 1. The van der Waals surface area contributed by atoms with Gasteiger partial charge in [-0.05, 0) is 42.8 Å². The van der Waals surface area contributed by atoms with Gasteiger partial charge in [-0.2, -0.15) is 4.31 Å². The van der Waals surface area contributed by atoms with Gasteiger partial charge in [0.25, 0.3) is 11.8 Å². The van der Waals surface area contributed by atoms with Gasteiger partial charge in [0.05, 0.1) is 23.7 Å². The molecule has 10 nitrogen and oxygen atoms in total. The number of urea groups is 1. The highest BCUT2D eigenvalue weighted by Crippen LogP contribution is 2.27. The SMILES string of the molecule is CC1(c2cccc(NC(=O)c3cc(S(=O)(=O)N4CCOCC4)ccc3F)c2)NC(=O)NC1=O. The molecule has 0 bridgehead atoms. The Morgan fingerprint density at radius 2 is 1.88 bits per heavy atom. The minimum absolute atomic E-state index is 0.164. The van der Waals surface area contributed by atoms with Crippen LogP contribution < -0.4 is 16.0 Å². The number of carbonyl (C=O) groups is 3. The van der Waals surface area contributed by atoms with E-state index < -0.39 is 44.8 Å². The second-order valence-corrected chi connectivity index (χ2v) is 9.66. The molecule has 2 aromatic rings. The molecule has 0 spiro atoms. The number of benzene rings is 2. The summed E-state index contributed by atoms with van der Waals surface area (Å²) in [6.07, 6.45) is 0. The number of nitrogens with zero attached hydrogens (tertiary/aromatic N) is 1. The minimum atomic E-state index is -3.92. The summed E-state index contributed by atoms with van der Waals surface area (Å²) >= 11 is 0. The van der Waals surface area contributed by atoms with Crippen molar-refractivity contribution in [2.75, 3.05) is 31.6 Å². The lowest BCUT2D eigenvalue weighted by Crippen LogP contribution is -2.40. The molecule has 174 valence electrons. The lowest BCUT2D eigenvalue weighted by Gasteiger charge is -2.26. The molecule has 0 aromatic heterocycles. The van der Waals surface area contributed by atoms with Crippen molar-refractivity contribution < 1.29 is 31.9 Å². The number of nitrogens with one attached hydrogen (secondary N) is 3. The fourth-order valence-electron chi connectivity index (χ4n) is 3.63. The Morgan fingerprint density at radius 3 is 2.55 bits per heavy atom. The van der Waals surface area contributed by atoms with Crippen molar-refractivity contribution in [1.29, 1.82) is 0 Å². The van der Waals surface area contributed by atoms with Gasteiger partial charge in [0, 0.05) is 18.8 Å². The predicted octanol–water partition coefficient (Wildman–Crippen LogP) is 1.15. The quantitative estimate of drug-likeness (QED) is 0.555. The van der Waals surface area contributed by atoms with Crippen LogP contribution in [-0.2, 0) is 25.1 Å². The molecule has 1 unspecified atom stereocenters. The lowest BCUT2D eigenvalue weighted by molar-refractivity contribution is -0.123. The van der Waals surface area contributed by atoms with Crippen molar-refractivity contribution in [2.45, 2.75) is 17.4 Å². The van der Waals surface area contributed by atoms with Crippen LogP contribution in [0.15, 0.2) is 47.4 Å². The molecule has 3 N–H and O–H groups in total. The van der Waals surface area contributed by atoms with Crippen molar-refractivity contribution in [1.82, 2.24) is 14.9 Å². The molecule has 2 heterocycles. The average molecular weight is 476 g/mol. The van der Waals surface area contributed by atoms with E-state index in [-0.39, 0.29) is 36.9 Å². The summed E-state index contributed by atoms with van der Waals surface area (Å²) in [7, 11) is -3.92. The molecule has 2 fully saturated rings. The third kappa shape index (κ3) is 4.32. The van der Waals surface area contributed by atoms with Crippen LogP contribution in [-0.4, -0.2) is 56.9 Å². The van der Waals surface area contributed by atoms with Gasteiger partial charge in [-0.25, -0.2) is 17.6 Å². The van der Waals surface area contributed by atoms with Gasteiger partial charge in [0.2, 0.25) is 10.0 Å². The van der Waals surface area contributed by atoms with Gasteiger partial charge in [-0.1, -0.05) is 12.1 Å². The van der Waals surface area contributed by atoms with E-state index in [1.807, 2.05) is 0 Å². The molecule has 12 heteroatoms. The number of morpholine rings is 1. The smallest absolute Gasteiger partial charge is 0.322 e. The maximum absolute atomic E-state index is 14.4. The number of ether oxygens (including phenoxy) is 1. The first-order chi connectivity index (χ1) is 15.6. The van der Waals surface area contributed by atoms with Crippen LogP contribution >= 0.6 is 0 Å². The molecule has 2 aromatic carbocycles. The summed E-state index contributed by atoms with van der Waals surface area (Å²) in [5, 5.41) is 7.19. The van der Waals surface area contributed by atoms with E-state index in [4.69, 9.17) is 4.74 Å². The summed E-state index contributed by atoms with van der Waals surface area (Å²) < 4.78 is 46.5. The second-order valence-electron chi connectivity index (χ2n) is 7.73. The predicted molar refractivity (Wildman–Crippen MR) is 114 cm³/mol. The number of anilines is 1. The highest BCUT2D eigenvalue weighted by atomic mass is 32.2. The first-order valence-corrected chi connectivity index (χ1v) is 11.5.